The van der Waals surface area contributed by atoms with Crippen molar-refractivity contribution in [2.24, 2.45) is 5.73 Å². The fraction of sp³-hybridized carbons (Fsp3) is 0.765. The van der Waals surface area contributed by atoms with Crippen LogP contribution >= 0.6 is 11.8 Å². The van der Waals surface area contributed by atoms with E-state index in [2.05, 4.69) is 0 Å². The molecule has 1 aliphatic rings. The Morgan fingerprint density at radius 2 is 1.39 bits per heavy atom. The van der Waals surface area contributed by atoms with Crippen LogP contribution in [0.25, 0.3) is 0 Å². The average molecular weight is 421 g/mol. The third kappa shape index (κ3) is 8.03. The van der Waals surface area contributed by atoms with Gasteiger partial charge in [-0.25, -0.2) is 0 Å². The first-order chi connectivity index (χ1) is 13.1. The van der Waals surface area contributed by atoms with Crippen LogP contribution in [0, 0.1) is 0 Å². The highest BCUT2D eigenvalue weighted by Crippen LogP contribution is 2.34. The molecule has 0 unspecified atom stereocenters. The Balaban J connectivity index is 3.21. The Morgan fingerprint density at radius 1 is 0.857 bits per heavy atom. The van der Waals surface area contributed by atoms with E-state index in [0.717, 1.165) is 0 Å². The van der Waals surface area contributed by atoms with Gasteiger partial charge in [0.2, 0.25) is 0 Å². The third-order valence-electron chi connectivity index (χ3n) is 3.58. The highest BCUT2D eigenvalue weighted by molar-refractivity contribution is 7.99. The summed E-state index contributed by atoms with van der Waals surface area (Å²) in [6.45, 7) is 5.02. The van der Waals surface area contributed by atoms with Crippen molar-refractivity contribution in [2.45, 2.75) is 64.0 Å². The molecule has 0 radical (unpaired) electrons. The topological polar surface area (TPSA) is 140 Å². The first kappa shape index (κ1) is 24.2. The van der Waals surface area contributed by atoms with Crippen molar-refractivity contribution < 1.29 is 42.9 Å². The average Bonchev–Trinajstić information content (AvgIpc) is 2.57. The lowest BCUT2D eigenvalue weighted by molar-refractivity contribution is -0.237. The number of ether oxygens (including phenoxy) is 5. The molecule has 160 valence electrons. The van der Waals surface area contributed by atoms with Crippen molar-refractivity contribution in [1.29, 1.82) is 0 Å². The number of hydrogen-bond donors (Lipinski definition) is 1. The fourth-order valence-electron chi connectivity index (χ4n) is 2.61. The maximum atomic E-state index is 11.7. The van der Waals surface area contributed by atoms with Gasteiger partial charge in [-0.15, -0.1) is 11.8 Å². The van der Waals surface area contributed by atoms with E-state index in [1.54, 1.807) is 0 Å². The first-order valence-electron chi connectivity index (χ1n) is 8.77. The van der Waals surface area contributed by atoms with E-state index in [0.29, 0.717) is 18.7 Å². The van der Waals surface area contributed by atoms with E-state index < -0.39 is 53.7 Å². The lowest BCUT2D eigenvalue weighted by Crippen LogP contribution is -2.61. The van der Waals surface area contributed by atoms with Gasteiger partial charge in [-0.2, -0.15) is 0 Å². The second-order valence-corrected chi connectivity index (χ2v) is 7.29. The molecule has 0 spiro atoms. The van der Waals surface area contributed by atoms with Gasteiger partial charge in [0.25, 0.3) is 0 Å². The molecule has 0 bridgehead atoms. The van der Waals surface area contributed by atoms with Crippen molar-refractivity contribution in [1.82, 2.24) is 0 Å². The summed E-state index contributed by atoms with van der Waals surface area (Å²) in [7, 11) is 0. The summed E-state index contributed by atoms with van der Waals surface area (Å²) in [6, 6.07) is 0. The zero-order chi connectivity index (χ0) is 21.3. The van der Waals surface area contributed by atoms with Gasteiger partial charge in [0.15, 0.2) is 18.3 Å². The van der Waals surface area contributed by atoms with Crippen LogP contribution in [0.3, 0.4) is 0 Å². The lowest BCUT2D eigenvalue weighted by Gasteiger charge is -2.44. The quantitative estimate of drug-likeness (QED) is 0.309. The molecule has 0 amide bonds. The van der Waals surface area contributed by atoms with Crippen LogP contribution in [0.4, 0.5) is 0 Å². The van der Waals surface area contributed by atoms with Crippen LogP contribution in [0.1, 0.15) is 34.1 Å². The number of carbonyl (C=O) groups excluding carboxylic acids is 4. The summed E-state index contributed by atoms with van der Waals surface area (Å²) in [5.74, 6) is -1.89. The molecule has 28 heavy (non-hydrogen) atoms. The van der Waals surface area contributed by atoms with E-state index in [9.17, 15) is 19.2 Å². The van der Waals surface area contributed by atoms with E-state index in [-0.39, 0.29) is 6.61 Å². The number of esters is 4. The smallest absolute Gasteiger partial charge is 0.303 e. The van der Waals surface area contributed by atoms with Crippen molar-refractivity contribution in [2.75, 3.05) is 18.9 Å². The fourth-order valence-corrected chi connectivity index (χ4v) is 3.79. The molecular weight excluding hydrogens is 394 g/mol. The lowest BCUT2D eigenvalue weighted by atomic mass is 9.99. The molecule has 10 nitrogen and oxygen atoms in total. The zero-order valence-corrected chi connectivity index (χ0v) is 17.2. The molecule has 0 saturated carbocycles. The largest absolute Gasteiger partial charge is 0.463 e. The van der Waals surface area contributed by atoms with Gasteiger partial charge in [0, 0.05) is 27.7 Å². The summed E-state index contributed by atoms with van der Waals surface area (Å²) in [5, 5.41) is 0. The van der Waals surface area contributed by atoms with Crippen LogP contribution in [-0.4, -0.2) is 72.6 Å². The standard InChI is InChI=1S/C17H27NO9S/c1-9(19)23-8-13-14(24-10(2)20)15(25-11(3)21)16(26-12(4)22)17(27-13)28-7-5-6-18/h13-17H,5-8,18H2,1-4H3/t13-,14-,15+,16-,17+/m1/s1. The van der Waals surface area contributed by atoms with Crippen LogP contribution in [0.5, 0.6) is 0 Å². The second-order valence-electron chi connectivity index (χ2n) is 6.08. The molecule has 0 aromatic rings. The minimum atomic E-state index is -1.13. The van der Waals surface area contributed by atoms with Crippen molar-refractivity contribution >= 4 is 35.6 Å². The molecule has 1 rings (SSSR count). The zero-order valence-electron chi connectivity index (χ0n) is 16.4. The third-order valence-corrected chi connectivity index (χ3v) is 4.81. The van der Waals surface area contributed by atoms with Gasteiger partial charge in [-0.05, 0) is 18.7 Å². The van der Waals surface area contributed by atoms with Gasteiger partial charge in [-0.1, -0.05) is 0 Å². The molecule has 0 aliphatic carbocycles. The van der Waals surface area contributed by atoms with Crippen molar-refractivity contribution in [3.63, 3.8) is 0 Å². The molecule has 1 heterocycles. The Labute approximate surface area is 167 Å². The number of hydrogen-bond acceptors (Lipinski definition) is 11. The monoisotopic (exact) mass is 421 g/mol. The minimum Gasteiger partial charge on any atom is -0.463 e. The number of nitrogens with two attached hydrogens (primary N) is 1. The van der Waals surface area contributed by atoms with Gasteiger partial charge in [0.1, 0.15) is 18.1 Å². The Morgan fingerprint density at radius 3 is 1.89 bits per heavy atom. The molecule has 2 N–H and O–H groups in total. The highest BCUT2D eigenvalue weighted by atomic mass is 32.2. The Kier molecular flexibility index (Phi) is 10.3. The van der Waals surface area contributed by atoms with Gasteiger partial charge >= 0.3 is 23.9 Å². The van der Waals surface area contributed by atoms with Gasteiger partial charge < -0.3 is 29.4 Å². The molecule has 1 aliphatic heterocycles. The van der Waals surface area contributed by atoms with Crippen LogP contribution in [-0.2, 0) is 42.9 Å². The van der Waals surface area contributed by atoms with Crippen LogP contribution < -0.4 is 5.73 Å². The Bertz CT molecular complexity index is 571. The summed E-state index contributed by atoms with van der Waals surface area (Å²) in [4.78, 5) is 46.1. The van der Waals surface area contributed by atoms with Crippen LogP contribution in [0.2, 0.25) is 0 Å². The number of carbonyl (C=O) groups is 4. The van der Waals surface area contributed by atoms with Gasteiger partial charge in [-0.3, -0.25) is 19.2 Å². The summed E-state index contributed by atoms with van der Waals surface area (Å²) >= 11 is 1.31. The SMILES string of the molecule is CC(=O)OC[C@H]1O[C@@H](SCCCN)[C@H](OC(C)=O)[C@@H](OC(C)=O)[C@@H]1OC(C)=O. The molecule has 0 aromatic heterocycles. The Hall–Kier alpha value is -1.85. The number of rotatable bonds is 9. The van der Waals surface area contributed by atoms with E-state index in [1.165, 1.54) is 39.5 Å². The normalized spacial score (nSPS) is 26.8. The molecule has 0 aromatic carbocycles. The predicted molar refractivity (Wildman–Crippen MR) is 98.1 cm³/mol. The second kappa shape index (κ2) is 11.9. The van der Waals surface area contributed by atoms with E-state index in [4.69, 9.17) is 29.4 Å². The molecule has 11 heteroatoms. The van der Waals surface area contributed by atoms with Crippen molar-refractivity contribution in [3.05, 3.63) is 0 Å². The summed E-state index contributed by atoms with van der Waals surface area (Å²) in [6.07, 6.45) is -3.52. The molecule has 1 fully saturated rings. The van der Waals surface area contributed by atoms with Gasteiger partial charge in [0.05, 0.1) is 0 Å². The number of thioether (sulfide) groups is 1. The summed E-state index contributed by atoms with van der Waals surface area (Å²) < 4.78 is 26.9. The minimum absolute atomic E-state index is 0.230. The maximum Gasteiger partial charge on any atom is 0.303 e. The van der Waals surface area contributed by atoms with E-state index in [1.807, 2.05) is 0 Å². The maximum absolute atomic E-state index is 11.7. The van der Waals surface area contributed by atoms with E-state index >= 15 is 0 Å². The molecule has 5 atom stereocenters. The van der Waals surface area contributed by atoms with Crippen LogP contribution in [0.15, 0.2) is 0 Å². The highest BCUT2D eigenvalue weighted by Gasteiger charge is 2.52. The first-order valence-corrected chi connectivity index (χ1v) is 9.82. The predicted octanol–water partition coefficient (Wildman–Crippen LogP) is 0.152. The summed E-state index contributed by atoms with van der Waals surface area (Å²) in [5.41, 5.74) is 4.77. The van der Waals surface area contributed by atoms with Crippen molar-refractivity contribution in [3.8, 4) is 0 Å². The molecular formula is C17H27NO9S. The molecule has 1 saturated heterocycles.